The fraction of sp³-hybridized carbons (Fsp3) is 0.364. The largest absolute Gasteiger partial charge is 0.306 e. The average Bonchev–Trinajstić information content (AvgIpc) is 2.36. The highest BCUT2D eigenvalue weighted by Gasteiger charge is 2.31. The van der Waals surface area contributed by atoms with Crippen LogP contribution in [0.25, 0.3) is 0 Å². The van der Waals surface area contributed by atoms with Crippen molar-refractivity contribution in [1.29, 1.82) is 0 Å². The van der Waals surface area contributed by atoms with Crippen LogP contribution in [0.15, 0.2) is 12.1 Å². The van der Waals surface area contributed by atoms with E-state index in [2.05, 4.69) is 0 Å². The van der Waals surface area contributed by atoms with Crippen molar-refractivity contribution in [1.82, 2.24) is 0 Å². The number of nitro benzene ring substituents is 2. The zero-order valence-corrected chi connectivity index (χ0v) is 10.2. The maximum Gasteiger partial charge on any atom is 0.300 e. The molecule has 1 heterocycles. The number of hydrogen-bond donors (Lipinski definition) is 0. The number of fused-ring (bicyclic) bond motifs is 1. The second-order valence-electron chi connectivity index (χ2n) is 4.26. The van der Waals surface area contributed by atoms with Crippen LogP contribution in [0.3, 0.4) is 0 Å². The molecule has 1 aromatic carbocycles. The lowest BCUT2D eigenvalue weighted by Gasteiger charge is -2.27. The molecule has 1 amide bonds. The number of anilines is 1. The summed E-state index contributed by atoms with van der Waals surface area (Å²) in [6.07, 6.45) is 1.12. The fourth-order valence-electron chi connectivity index (χ4n) is 2.26. The zero-order chi connectivity index (χ0) is 14.2. The average molecular weight is 265 g/mol. The van der Waals surface area contributed by atoms with Crippen molar-refractivity contribution in [2.45, 2.75) is 19.8 Å². The van der Waals surface area contributed by atoms with E-state index in [4.69, 9.17) is 0 Å². The third kappa shape index (κ3) is 2.24. The number of nitrogens with zero attached hydrogens (tertiary/aromatic N) is 3. The Morgan fingerprint density at radius 3 is 2.47 bits per heavy atom. The fourth-order valence-corrected chi connectivity index (χ4v) is 2.26. The summed E-state index contributed by atoms with van der Waals surface area (Å²) < 4.78 is 0. The van der Waals surface area contributed by atoms with Gasteiger partial charge in [0, 0.05) is 19.5 Å². The molecule has 0 saturated heterocycles. The Hall–Kier alpha value is -2.51. The zero-order valence-electron chi connectivity index (χ0n) is 10.2. The van der Waals surface area contributed by atoms with Gasteiger partial charge in [0.25, 0.3) is 11.4 Å². The minimum atomic E-state index is -0.687. The van der Waals surface area contributed by atoms with Crippen molar-refractivity contribution in [3.05, 3.63) is 37.9 Å². The van der Waals surface area contributed by atoms with Gasteiger partial charge < -0.3 is 4.90 Å². The second kappa shape index (κ2) is 4.63. The lowest BCUT2D eigenvalue weighted by atomic mass is 9.99. The Morgan fingerprint density at radius 1 is 1.26 bits per heavy atom. The molecular formula is C11H11N3O5. The SMILES string of the molecule is CC(=O)N1CCCc2cc([N+](=O)[O-])cc([N+](=O)[O-])c21. The van der Waals surface area contributed by atoms with Gasteiger partial charge in [0.15, 0.2) is 0 Å². The van der Waals surface area contributed by atoms with Gasteiger partial charge in [-0.15, -0.1) is 0 Å². The first-order valence-corrected chi connectivity index (χ1v) is 5.65. The third-order valence-corrected chi connectivity index (χ3v) is 3.04. The highest BCUT2D eigenvalue weighted by molar-refractivity contribution is 5.96. The van der Waals surface area contributed by atoms with E-state index >= 15 is 0 Å². The summed E-state index contributed by atoms with van der Waals surface area (Å²) in [5.41, 5.74) is -0.0494. The summed E-state index contributed by atoms with van der Waals surface area (Å²) in [6, 6.07) is 2.21. The number of aryl methyl sites for hydroxylation is 1. The summed E-state index contributed by atoms with van der Waals surface area (Å²) in [7, 11) is 0. The third-order valence-electron chi connectivity index (χ3n) is 3.04. The second-order valence-corrected chi connectivity index (χ2v) is 4.26. The van der Waals surface area contributed by atoms with Crippen LogP contribution in [-0.4, -0.2) is 22.3 Å². The molecule has 2 rings (SSSR count). The number of hydrogen-bond acceptors (Lipinski definition) is 5. The molecule has 0 radical (unpaired) electrons. The highest BCUT2D eigenvalue weighted by Crippen LogP contribution is 2.39. The van der Waals surface area contributed by atoms with Gasteiger partial charge in [-0.25, -0.2) is 0 Å². The Labute approximate surface area is 107 Å². The molecule has 1 aliphatic heterocycles. The van der Waals surface area contributed by atoms with E-state index in [1.165, 1.54) is 17.9 Å². The maximum absolute atomic E-state index is 11.5. The number of rotatable bonds is 2. The van der Waals surface area contributed by atoms with Crippen molar-refractivity contribution in [3.8, 4) is 0 Å². The first-order chi connectivity index (χ1) is 8.91. The maximum atomic E-state index is 11.5. The minimum absolute atomic E-state index is 0.189. The molecule has 8 heteroatoms. The van der Waals surface area contributed by atoms with E-state index in [-0.39, 0.29) is 23.0 Å². The van der Waals surface area contributed by atoms with Gasteiger partial charge in [0.1, 0.15) is 5.69 Å². The molecule has 0 N–H and O–H groups in total. The standard InChI is InChI=1S/C11H11N3O5/c1-7(15)12-4-2-3-8-5-9(13(16)17)6-10(11(8)12)14(18)19/h5-6H,2-4H2,1H3. The van der Waals surface area contributed by atoms with Gasteiger partial charge in [0.05, 0.1) is 15.9 Å². The van der Waals surface area contributed by atoms with Crippen molar-refractivity contribution in [2.75, 3.05) is 11.4 Å². The first-order valence-electron chi connectivity index (χ1n) is 5.65. The number of benzene rings is 1. The van der Waals surface area contributed by atoms with Crippen molar-refractivity contribution < 1.29 is 14.6 Å². The smallest absolute Gasteiger partial charge is 0.300 e. The molecule has 8 nitrogen and oxygen atoms in total. The Kier molecular flexibility index (Phi) is 3.16. The summed E-state index contributed by atoms with van der Waals surface area (Å²) >= 11 is 0. The molecule has 1 aromatic rings. The summed E-state index contributed by atoms with van der Waals surface area (Å²) in [5.74, 6) is -0.307. The van der Waals surface area contributed by atoms with Crippen molar-refractivity contribution in [2.24, 2.45) is 0 Å². The Morgan fingerprint density at radius 2 is 1.95 bits per heavy atom. The van der Waals surface area contributed by atoms with Gasteiger partial charge >= 0.3 is 0 Å². The lowest BCUT2D eigenvalue weighted by molar-refractivity contribution is -0.393. The van der Waals surface area contributed by atoms with E-state index in [0.717, 1.165) is 6.07 Å². The Balaban J connectivity index is 2.69. The van der Waals surface area contributed by atoms with E-state index in [1.807, 2.05) is 0 Å². The van der Waals surface area contributed by atoms with Crippen LogP contribution < -0.4 is 4.90 Å². The molecule has 0 atom stereocenters. The molecule has 100 valence electrons. The molecule has 0 unspecified atom stereocenters. The predicted octanol–water partition coefficient (Wildman–Crippen LogP) is 1.80. The number of non-ortho nitro benzene ring substituents is 1. The van der Waals surface area contributed by atoms with Crippen LogP contribution >= 0.6 is 0 Å². The molecule has 19 heavy (non-hydrogen) atoms. The molecule has 1 aliphatic rings. The van der Waals surface area contributed by atoms with Crippen molar-refractivity contribution >= 4 is 23.0 Å². The van der Waals surface area contributed by atoms with E-state index in [9.17, 15) is 25.0 Å². The summed E-state index contributed by atoms with van der Waals surface area (Å²) in [6.45, 7) is 1.71. The minimum Gasteiger partial charge on any atom is -0.306 e. The molecule has 0 aromatic heterocycles. The molecule has 0 aliphatic carbocycles. The van der Waals surface area contributed by atoms with Gasteiger partial charge in [-0.3, -0.25) is 25.0 Å². The van der Waals surface area contributed by atoms with E-state index in [1.54, 1.807) is 0 Å². The topological polar surface area (TPSA) is 107 Å². The van der Waals surface area contributed by atoms with E-state index < -0.39 is 9.85 Å². The molecule has 0 fully saturated rings. The first kappa shape index (κ1) is 12.9. The molecule has 0 spiro atoms. The van der Waals surface area contributed by atoms with Crippen molar-refractivity contribution in [3.63, 3.8) is 0 Å². The Bertz CT molecular complexity index is 584. The van der Waals surface area contributed by atoms with Gasteiger partial charge in [-0.05, 0) is 18.4 Å². The lowest BCUT2D eigenvalue weighted by Crippen LogP contribution is -2.34. The summed E-state index contributed by atoms with van der Waals surface area (Å²) in [5, 5.41) is 21.8. The van der Waals surface area contributed by atoms with Crippen LogP contribution in [0.5, 0.6) is 0 Å². The van der Waals surface area contributed by atoms with Gasteiger partial charge in [-0.1, -0.05) is 0 Å². The van der Waals surface area contributed by atoms with Crippen LogP contribution in [0.4, 0.5) is 17.1 Å². The van der Waals surface area contributed by atoms with Crippen LogP contribution in [0.2, 0.25) is 0 Å². The highest BCUT2D eigenvalue weighted by atomic mass is 16.6. The molecule has 0 bridgehead atoms. The van der Waals surface area contributed by atoms with Crippen LogP contribution in [-0.2, 0) is 11.2 Å². The molecule has 0 saturated carbocycles. The van der Waals surface area contributed by atoms with Gasteiger partial charge in [0.2, 0.25) is 5.91 Å². The number of nitro groups is 2. The monoisotopic (exact) mass is 265 g/mol. The van der Waals surface area contributed by atoms with E-state index in [0.29, 0.717) is 24.9 Å². The number of amides is 1. The normalized spacial score (nSPS) is 13.8. The van der Waals surface area contributed by atoms with Gasteiger partial charge in [-0.2, -0.15) is 0 Å². The summed E-state index contributed by atoms with van der Waals surface area (Å²) in [4.78, 5) is 33.3. The predicted molar refractivity (Wildman–Crippen MR) is 66.1 cm³/mol. The number of carbonyl (C=O) groups excluding carboxylic acids is 1. The van der Waals surface area contributed by atoms with Crippen LogP contribution in [0.1, 0.15) is 18.9 Å². The number of carbonyl (C=O) groups is 1. The quantitative estimate of drug-likeness (QED) is 0.598. The van der Waals surface area contributed by atoms with Crippen LogP contribution in [0, 0.1) is 20.2 Å². The molecular weight excluding hydrogens is 254 g/mol.